The van der Waals surface area contributed by atoms with Gasteiger partial charge in [-0.2, -0.15) is 8.75 Å². The van der Waals surface area contributed by atoms with Gasteiger partial charge < -0.3 is 0 Å². The van der Waals surface area contributed by atoms with Crippen LogP contribution in [0.2, 0.25) is 0 Å². The molecule has 328 valence electrons. The number of benzene rings is 1. The van der Waals surface area contributed by atoms with Gasteiger partial charge in [0.2, 0.25) is 0 Å². The lowest BCUT2D eigenvalue weighted by Crippen LogP contribution is -2.26. The Morgan fingerprint density at radius 1 is 0.467 bits per heavy atom. The highest BCUT2D eigenvalue weighted by molar-refractivity contribution is 7.12. The number of hydrogen-bond acceptors (Lipinski definition) is 7. The minimum atomic E-state index is 0.0415. The van der Waals surface area contributed by atoms with Crippen LogP contribution in [0.25, 0.3) is 35.2 Å². The molecule has 4 nitrogen and oxygen atoms in total. The molecule has 0 bridgehead atoms. The van der Waals surface area contributed by atoms with Crippen molar-refractivity contribution in [1.29, 1.82) is 0 Å². The Balaban J connectivity index is 1.17. The van der Waals surface area contributed by atoms with Crippen molar-refractivity contribution >= 4 is 69.6 Å². The van der Waals surface area contributed by atoms with Crippen LogP contribution in [-0.4, -0.2) is 18.7 Å². The molecule has 7 heteroatoms. The van der Waals surface area contributed by atoms with Crippen LogP contribution in [0.5, 0.6) is 0 Å². The fourth-order valence-corrected chi connectivity index (χ4v) is 13.1. The fraction of sp³-hybridized carbons (Fsp3) is 0.660. The zero-order chi connectivity index (χ0) is 42.2. The van der Waals surface area contributed by atoms with Crippen LogP contribution in [0.15, 0.2) is 12.1 Å². The first kappa shape index (κ1) is 47.0. The van der Waals surface area contributed by atoms with Gasteiger partial charge in [-0.3, -0.25) is 0 Å². The molecule has 0 fully saturated rings. The van der Waals surface area contributed by atoms with E-state index in [9.17, 15) is 0 Å². The van der Waals surface area contributed by atoms with Crippen molar-refractivity contribution in [2.45, 2.75) is 226 Å². The zero-order valence-corrected chi connectivity index (χ0v) is 40.7. The van der Waals surface area contributed by atoms with Gasteiger partial charge in [0.05, 0.1) is 28.6 Å². The first-order valence-corrected chi connectivity index (χ1v) is 27.1. The minimum Gasteiger partial charge on any atom is -0.249 e. The van der Waals surface area contributed by atoms with E-state index in [0.29, 0.717) is 0 Å². The van der Waals surface area contributed by atoms with E-state index in [1.807, 2.05) is 29.6 Å². The Bertz CT molecular complexity index is 2340. The Labute approximate surface area is 375 Å². The van der Waals surface area contributed by atoms with Crippen LogP contribution in [0.3, 0.4) is 0 Å². The van der Waals surface area contributed by atoms with Crippen molar-refractivity contribution in [1.82, 2.24) is 18.7 Å². The number of rotatable bonds is 30. The minimum absolute atomic E-state index is 0.0415. The van der Waals surface area contributed by atoms with Crippen LogP contribution in [0.1, 0.15) is 229 Å². The van der Waals surface area contributed by atoms with Gasteiger partial charge in [-0.15, -0.1) is 22.7 Å². The van der Waals surface area contributed by atoms with Gasteiger partial charge >= 0.3 is 0 Å². The van der Waals surface area contributed by atoms with Crippen LogP contribution in [-0.2, 0) is 5.41 Å². The molecule has 6 rings (SSSR count). The lowest BCUT2D eigenvalue weighted by Gasteiger charge is -2.32. The molecule has 60 heavy (non-hydrogen) atoms. The first-order valence-electron chi connectivity index (χ1n) is 24.8. The summed E-state index contributed by atoms with van der Waals surface area (Å²) in [6.45, 7) is 17.7. The summed E-state index contributed by atoms with van der Waals surface area (Å²) in [4.78, 5) is 10.2. The van der Waals surface area contributed by atoms with Gasteiger partial charge in [0, 0.05) is 34.0 Å². The Hall–Kier alpha value is -2.48. The second kappa shape index (κ2) is 24.4. The van der Waals surface area contributed by atoms with Crippen molar-refractivity contribution in [2.75, 3.05) is 0 Å². The largest absolute Gasteiger partial charge is 0.249 e. The average molecular weight is 867 g/mol. The monoisotopic (exact) mass is 867 g/mol. The predicted octanol–water partition coefficient (Wildman–Crippen LogP) is 16.1. The summed E-state index contributed by atoms with van der Waals surface area (Å²) >= 11 is 5.12. The second-order valence-corrected chi connectivity index (χ2v) is 21.2. The van der Waals surface area contributed by atoms with Crippen LogP contribution < -0.4 is 9.75 Å². The van der Waals surface area contributed by atoms with Crippen molar-refractivity contribution < 1.29 is 0 Å². The fourth-order valence-electron chi connectivity index (χ4n) is 10.1. The van der Waals surface area contributed by atoms with Crippen molar-refractivity contribution in [2.24, 2.45) is 0 Å². The maximum Gasteiger partial charge on any atom is 0.116 e. The summed E-state index contributed by atoms with van der Waals surface area (Å²) in [6.07, 6.45) is 41.5. The molecule has 0 unspecified atom stereocenters. The molecule has 0 N–H and O–H groups in total. The Kier molecular flexibility index (Phi) is 19.1. The van der Waals surface area contributed by atoms with E-state index in [-0.39, 0.29) is 5.41 Å². The molecule has 5 aromatic rings. The Morgan fingerprint density at radius 3 is 1.35 bits per heavy atom. The van der Waals surface area contributed by atoms with Crippen LogP contribution in [0, 0.1) is 32.7 Å². The average Bonchev–Trinajstić information content (AvgIpc) is 4.03. The van der Waals surface area contributed by atoms with Crippen LogP contribution in [0.4, 0.5) is 0 Å². The lowest BCUT2D eigenvalue weighted by molar-refractivity contribution is 0.394. The van der Waals surface area contributed by atoms with Gasteiger partial charge in [-0.25, -0.2) is 9.97 Å². The van der Waals surface area contributed by atoms with Crippen LogP contribution >= 0.6 is 34.4 Å². The second-order valence-electron chi connectivity index (χ2n) is 18.5. The smallest absolute Gasteiger partial charge is 0.116 e. The highest BCUT2D eigenvalue weighted by Gasteiger charge is 2.40. The number of aromatic nitrogens is 4. The summed E-state index contributed by atoms with van der Waals surface area (Å²) in [7, 11) is 0. The molecule has 0 amide bonds. The SMILES string of the molecule is C=c1cc2c(s1)=c1s/c(=c3/c4nsnc4c(=C)c4nc(C)c(C)nc34)cc1C2(CCCCCCCCCCCCCCCC)CCCCCCCCCCCCCCCC. The number of hydrogen-bond donors (Lipinski definition) is 0. The number of fused-ring (bicyclic) bond motifs is 4. The number of aryl methyl sites for hydroxylation is 2. The number of thiophene rings is 2. The van der Waals surface area contributed by atoms with Gasteiger partial charge in [0.25, 0.3) is 0 Å². The molecular weight excluding hydrogens is 789 g/mol. The highest BCUT2D eigenvalue weighted by atomic mass is 32.1. The van der Waals surface area contributed by atoms with E-state index in [1.54, 1.807) is 11.1 Å². The highest BCUT2D eigenvalue weighted by Crippen LogP contribution is 2.49. The summed E-state index contributed by atoms with van der Waals surface area (Å²) in [6, 6.07) is 5.02. The molecule has 1 aliphatic rings. The molecule has 0 aliphatic heterocycles. The summed E-state index contributed by atoms with van der Waals surface area (Å²) in [5, 5.41) is 1.93. The third kappa shape index (κ3) is 11.9. The standard InChI is InChI=1S/C53H78N4S3/c1-7-9-11-13-15-17-19-21-23-25-27-29-31-33-35-53(36-34-32-30-28-26-24-22-20-18-16-14-12-10-8-2)43-37-39(3)58-51(43)52-44(53)38-45(59-52)46-49-47(54-41(5)42(6)55-49)40(4)48-50(46)57-60-56-48/h37-38H,3-4,7-36H2,1-2,5-6H3/b46-45+. The van der Waals surface area contributed by atoms with Gasteiger partial charge in [-0.05, 0) is 49.9 Å². The van der Waals surface area contributed by atoms with Gasteiger partial charge in [0.1, 0.15) is 16.6 Å². The molecular formula is C53H78N4S3. The molecule has 1 aliphatic carbocycles. The first-order chi connectivity index (χ1) is 29.4. The molecule has 0 radical (unpaired) electrons. The third-order valence-corrected chi connectivity index (χ3v) is 16.6. The molecule has 0 saturated carbocycles. The van der Waals surface area contributed by atoms with E-state index in [2.05, 4.69) is 46.1 Å². The van der Waals surface area contributed by atoms with Crippen molar-refractivity contribution in [3.8, 4) is 0 Å². The van der Waals surface area contributed by atoms with E-state index in [4.69, 9.17) is 18.7 Å². The third-order valence-electron chi connectivity index (χ3n) is 13.8. The summed E-state index contributed by atoms with van der Waals surface area (Å²) in [5.41, 5.74) is 8.62. The summed E-state index contributed by atoms with van der Waals surface area (Å²) in [5.74, 6) is 0. The maximum atomic E-state index is 5.18. The maximum absolute atomic E-state index is 5.18. The summed E-state index contributed by atoms with van der Waals surface area (Å²) < 4.78 is 15.0. The van der Waals surface area contributed by atoms with Crippen molar-refractivity contribution in [3.63, 3.8) is 0 Å². The Morgan fingerprint density at radius 2 is 0.867 bits per heavy atom. The van der Waals surface area contributed by atoms with E-state index in [1.165, 1.54) is 222 Å². The topological polar surface area (TPSA) is 51.6 Å². The van der Waals surface area contributed by atoms with Crippen molar-refractivity contribution in [3.05, 3.63) is 63.2 Å². The molecule has 0 atom stereocenters. The molecule has 4 aromatic heterocycles. The molecule has 1 aromatic carbocycles. The predicted molar refractivity (Wildman–Crippen MR) is 265 cm³/mol. The number of unbranched alkanes of at least 4 members (excludes halogenated alkanes) is 26. The molecule has 4 heterocycles. The molecule has 0 spiro atoms. The lowest BCUT2D eigenvalue weighted by atomic mass is 9.71. The quantitative estimate of drug-likeness (QED) is 0.0432. The van der Waals surface area contributed by atoms with E-state index in [0.717, 1.165) is 43.9 Å². The van der Waals surface area contributed by atoms with E-state index < -0.39 is 0 Å². The number of nitrogens with zero attached hydrogens (tertiary/aromatic N) is 4. The van der Waals surface area contributed by atoms with Gasteiger partial charge in [0.15, 0.2) is 0 Å². The van der Waals surface area contributed by atoms with Gasteiger partial charge in [-0.1, -0.05) is 207 Å². The van der Waals surface area contributed by atoms with E-state index >= 15 is 0 Å². The zero-order valence-electron chi connectivity index (χ0n) is 38.3. The molecule has 0 saturated heterocycles. The normalized spacial score (nSPS) is 13.9.